The summed E-state index contributed by atoms with van der Waals surface area (Å²) in [5.41, 5.74) is 0.370. The third-order valence-electron chi connectivity index (χ3n) is 4.05. The molecule has 1 aromatic carbocycles. The van der Waals surface area contributed by atoms with Crippen molar-refractivity contribution in [3.63, 3.8) is 0 Å². The Morgan fingerprint density at radius 1 is 1.17 bits per heavy atom. The Labute approximate surface area is 133 Å². The quantitative estimate of drug-likeness (QED) is 0.625. The zero-order chi connectivity index (χ0) is 16.2. The van der Waals surface area contributed by atoms with Gasteiger partial charge < -0.3 is 14.2 Å². The number of nitrogens with zero attached hydrogens (tertiary/aromatic N) is 4. The summed E-state index contributed by atoms with van der Waals surface area (Å²) in [6.45, 7) is 1.08. The van der Waals surface area contributed by atoms with Crippen molar-refractivity contribution in [3.8, 4) is 0 Å². The van der Waals surface area contributed by atoms with Crippen LogP contribution in [0.15, 0.2) is 36.7 Å². The maximum atomic E-state index is 12.1. The van der Waals surface area contributed by atoms with Crippen LogP contribution in [0.5, 0.6) is 0 Å². The van der Waals surface area contributed by atoms with Crippen LogP contribution in [-0.4, -0.2) is 44.8 Å². The first-order valence-corrected chi connectivity index (χ1v) is 7.55. The summed E-state index contributed by atoms with van der Waals surface area (Å²) in [7, 11) is 1.91. The Bertz CT molecular complexity index is 690. The molecule has 0 N–H and O–H groups in total. The number of rotatable bonds is 2. The topological polar surface area (TPSA) is 77.3 Å². The number of aromatic nitrogens is 3. The van der Waals surface area contributed by atoms with Gasteiger partial charge in [0.25, 0.3) is 0 Å². The zero-order valence-electron chi connectivity index (χ0n) is 12.9. The van der Waals surface area contributed by atoms with Crippen LogP contribution in [0, 0.1) is 0 Å². The van der Waals surface area contributed by atoms with E-state index in [1.807, 2.05) is 11.6 Å². The second kappa shape index (κ2) is 6.60. The number of piperidine rings is 1. The molecule has 1 aromatic heterocycles. The minimum Gasteiger partial charge on any atom is -0.372 e. The lowest BCUT2D eigenvalue weighted by Gasteiger charge is -2.30. The summed E-state index contributed by atoms with van der Waals surface area (Å²) in [5, 5.41) is 8.01. The van der Waals surface area contributed by atoms with E-state index in [1.165, 1.54) is 0 Å². The van der Waals surface area contributed by atoms with Gasteiger partial charge in [0, 0.05) is 26.1 Å². The van der Waals surface area contributed by atoms with Crippen LogP contribution in [0.4, 0.5) is 4.79 Å². The van der Waals surface area contributed by atoms with E-state index >= 15 is 0 Å². The van der Waals surface area contributed by atoms with E-state index < -0.39 is 12.1 Å². The maximum Gasteiger partial charge on any atom is 0.417 e. The summed E-state index contributed by atoms with van der Waals surface area (Å²) in [5.74, 6) is 0.584. The van der Waals surface area contributed by atoms with E-state index in [9.17, 15) is 9.59 Å². The number of likely N-dealkylation sites (tertiary alicyclic amines) is 1. The highest BCUT2D eigenvalue weighted by Gasteiger charge is 2.28. The van der Waals surface area contributed by atoms with E-state index in [4.69, 9.17) is 4.74 Å². The summed E-state index contributed by atoms with van der Waals surface area (Å²) in [4.78, 5) is 25.6. The van der Waals surface area contributed by atoms with Gasteiger partial charge in [0.2, 0.25) is 0 Å². The Hall–Kier alpha value is -2.70. The van der Waals surface area contributed by atoms with Crippen LogP contribution in [0.3, 0.4) is 0 Å². The van der Waals surface area contributed by atoms with Gasteiger partial charge in [-0.3, -0.25) is 0 Å². The smallest absolute Gasteiger partial charge is 0.372 e. The Balaban J connectivity index is 1.54. The molecule has 1 aliphatic rings. The summed E-state index contributed by atoms with van der Waals surface area (Å²) in [6, 6.07) is 8.50. The number of aryl methyl sites for hydroxylation is 1. The highest BCUT2D eigenvalue weighted by molar-refractivity contribution is 5.96. The molecule has 7 heteroatoms. The van der Waals surface area contributed by atoms with E-state index in [2.05, 4.69) is 10.2 Å². The lowest BCUT2D eigenvalue weighted by molar-refractivity contribution is 0.0521. The fourth-order valence-corrected chi connectivity index (χ4v) is 2.76. The van der Waals surface area contributed by atoms with Crippen molar-refractivity contribution in [2.75, 3.05) is 13.1 Å². The van der Waals surface area contributed by atoms with Gasteiger partial charge in [0.15, 0.2) is 0 Å². The van der Waals surface area contributed by atoms with Crippen molar-refractivity contribution < 1.29 is 14.3 Å². The van der Waals surface area contributed by atoms with Gasteiger partial charge in [-0.25, -0.2) is 9.59 Å². The standard InChI is InChI=1S/C16H18N4O3/c1-19-11-17-18-14(19)12-7-9-20(10-8-12)16(22)23-15(21)13-5-3-2-4-6-13/h2-6,11-12H,7-10H2,1H3. The Morgan fingerprint density at radius 3 is 2.48 bits per heavy atom. The fourth-order valence-electron chi connectivity index (χ4n) is 2.76. The molecule has 120 valence electrons. The van der Waals surface area contributed by atoms with Gasteiger partial charge in [-0.15, -0.1) is 10.2 Å². The number of amides is 1. The van der Waals surface area contributed by atoms with Gasteiger partial charge in [0.1, 0.15) is 12.2 Å². The van der Waals surface area contributed by atoms with Crippen LogP contribution >= 0.6 is 0 Å². The van der Waals surface area contributed by atoms with Crippen LogP contribution in [0.2, 0.25) is 0 Å². The summed E-state index contributed by atoms with van der Waals surface area (Å²) in [6.07, 6.45) is 2.65. The van der Waals surface area contributed by atoms with Crippen molar-refractivity contribution in [1.82, 2.24) is 19.7 Å². The van der Waals surface area contributed by atoms with Gasteiger partial charge in [-0.05, 0) is 25.0 Å². The number of carbonyl (C=O) groups is 2. The normalized spacial score (nSPS) is 15.4. The number of hydrogen-bond donors (Lipinski definition) is 0. The molecule has 0 saturated carbocycles. The van der Waals surface area contributed by atoms with Crippen LogP contribution < -0.4 is 0 Å². The molecule has 7 nitrogen and oxygen atoms in total. The monoisotopic (exact) mass is 314 g/mol. The molecule has 0 aliphatic carbocycles. The second-order valence-corrected chi connectivity index (χ2v) is 5.58. The lowest BCUT2D eigenvalue weighted by Crippen LogP contribution is -2.39. The number of ether oxygens (including phenoxy) is 1. The molecule has 1 aliphatic heterocycles. The van der Waals surface area contributed by atoms with Crippen molar-refractivity contribution in [2.45, 2.75) is 18.8 Å². The van der Waals surface area contributed by atoms with Crippen LogP contribution in [0.25, 0.3) is 0 Å². The molecule has 0 bridgehead atoms. The van der Waals surface area contributed by atoms with Crippen molar-refractivity contribution in [2.24, 2.45) is 7.05 Å². The van der Waals surface area contributed by atoms with E-state index in [0.29, 0.717) is 18.7 Å². The van der Waals surface area contributed by atoms with Crippen LogP contribution in [-0.2, 0) is 11.8 Å². The van der Waals surface area contributed by atoms with E-state index in [-0.39, 0.29) is 5.92 Å². The molecule has 23 heavy (non-hydrogen) atoms. The first kappa shape index (κ1) is 15.2. The lowest BCUT2D eigenvalue weighted by atomic mass is 9.96. The molecule has 0 atom stereocenters. The summed E-state index contributed by atoms with van der Waals surface area (Å²) < 4.78 is 6.84. The number of esters is 1. The van der Waals surface area contributed by atoms with Gasteiger partial charge in [-0.1, -0.05) is 18.2 Å². The first-order chi connectivity index (χ1) is 11.1. The molecular formula is C16H18N4O3. The first-order valence-electron chi connectivity index (χ1n) is 7.55. The van der Waals surface area contributed by atoms with E-state index in [0.717, 1.165) is 18.7 Å². The van der Waals surface area contributed by atoms with Gasteiger partial charge in [0.05, 0.1) is 5.56 Å². The highest BCUT2D eigenvalue weighted by Crippen LogP contribution is 2.26. The number of hydrogen-bond acceptors (Lipinski definition) is 5. The van der Waals surface area contributed by atoms with Gasteiger partial charge in [-0.2, -0.15) is 0 Å². The molecule has 1 fully saturated rings. The third kappa shape index (κ3) is 3.39. The maximum absolute atomic E-state index is 12.1. The van der Waals surface area contributed by atoms with Gasteiger partial charge >= 0.3 is 12.1 Å². The zero-order valence-corrected chi connectivity index (χ0v) is 12.9. The largest absolute Gasteiger partial charge is 0.417 e. The second-order valence-electron chi connectivity index (χ2n) is 5.58. The molecule has 0 spiro atoms. The summed E-state index contributed by atoms with van der Waals surface area (Å²) >= 11 is 0. The van der Waals surface area contributed by atoms with Crippen molar-refractivity contribution in [3.05, 3.63) is 48.0 Å². The van der Waals surface area contributed by atoms with Crippen LogP contribution in [0.1, 0.15) is 34.9 Å². The number of benzene rings is 1. The molecular weight excluding hydrogens is 296 g/mol. The molecule has 1 saturated heterocycles. The fraction of sp³-hybridized carbons (Fsp3) is 0.375. The molecule has 3 rings (SSSR count). The average molecular weight is 314 g/mol. The minimum atomic E-state index is -0.619. The molecule has 0 unspecified atom stereocenters. The average Bonchev–Trinajstić information content (AvgIpc) is 3.02. The molecule has 1 amide bonds. The van der Waals surface area contributed by atoms with Crippen molar-refractivity contribution in [1.29, 1.82) is 0 Å². The highest BCUT2D eigenvalue weighted by atomic mass is 16.6. The third-order valence-corrected chi connectivity index (χ3v) is 4.05. The molecule has 2 aromatic rings. The predicted molar refractivity (Wildman–Crippen MR) is 81.8 cm³/mol. The van der Waals surface area contributed by atoms with Crippen molar-refractivity contribution >= 4 is 12.1 Å². The minimum absolute atomic E-state index is 0.274. The molecule has 0 radical (unpaired) electrons. The Morgan fingerprint density at radius 2 is 1.87 bits per heavy atom. The SMILES string of the molecule is Cn1cnnc1C1CCN(C(=O)OC(=O)c2ccccc2)CC1. The predicted octanol–water partition coefficient (Wildman–Crippen LogP) is 1.97. The number of carbonyl (C=O) groups excluding carboxylic acids is 2. The van der Waals surface area contributed by atoms with E-state index in [1.54, 1.807) is 41.6 Å². The molecule has 2 heterocycles. The Kier molecular flexibility index (Phi) is 4.36.